The molecule has 0 aliphatic heterocycles. The van der Waals surface area contributed by atoms with Gasteiger partial charge in [0.1, 0.15) is 5.75 Å². The Hall–Kier alpha value is -2.69. The van der Waals surface area contributed by atoms with Gasteiger partial charge in [-0.15, -0.1) is 0 Å². The van der Waals surface area contributed by atoms with Gasteiger partial charge >= 0.3 is 0 Å². The summed E-state index contributed by atoms with van der Waals surface area (Å²) in [6, 6.07) is 15.2. The van der Waals surface area contributed by atoms with Crippen LogP contribution in [0.25, 0.3) is 0 Å². The molecule has 0 saturated carbocycles. The molecular weight excluding hydrogens is 318 g/mol. The zero-order chi connectivity index (χ0) is 18.1. The zero-order valence-corrected chi connectivity index (χ0v) is 15.0. The summed E-state index contributed by atoms with van der Waals surface area (Å²) in [5.41, 5.74) is 1.14. The van der Waals surface area contributed by atoms with Crippen LogP contribution in [0.15, 0.2) is 48.5 Å². The SMILES string of the molecule is COc1ccccc1CCCNC(=O)C(C)Oc1ccccc1OC. The molecule has 0 spiro atoms. The van der Waals surface area contributed by atoms with Gasteiger partial charge in [0.25, 0.3) is 5.91 Å². The highest BCUT2D eigenvalue weighted by Crippen LogP contribution is 2.26. The van der Waals surface area contributed by atoms with E-state index >= 15 is 0 Å². The number of aryl methyl sites for hydroxylation is 1. The van der Waals surface area contributed by atoms with Gasteiger partial charge in [0.05, 0.1) is 14.2 Å². The first-order chi connectivity index (χ1) is 12.2. The molecule has 0 aromatic heterocycles. The van der Waals surface area contributed by atoms with Gasteiger partial charge in [-0.1, -0.05) is 30.3 Å². The van der Waals surface area contributed by atoms with Crippen molar-refractivity contribution >= 4 is 5.91 Å². The summed E-state index contributed by atoms with van der Waals surface area (Å²) in [7, 11) is 3.24. The van der Waals surface area contributed by atoms with Gasteiger partial charge in [0.2, 0.25) is 0 Å². The van der Waals surface area contributed by atoms with Crippen LogP contribution in [-0.2, 0) is 11.2 Å². The minimum Gasteiger partial charge on any atom is -0.496 e. The summed E-state index contributed by atoms with van der Waals surface area (Å²) in [6.07, 6.45) is 1.07. The number of para-hydroxylation sites is 3. The van der Waals surface area contributed by atoms with E-state index in [9.17, 15) is 4.79 Å². The number of carbonyl (C=O) groups excluding carboxylic acids is 1. The number of carbonyl (C=O) groups is 1. The predicted octanol–water partition coefficient (Wildman–Crippen LogP) is 3.22. The van der Waals surface area contributed by atoms with Crippen LogP contribution in [0, 0.1) is 0 Å². The van der Waals surface area contributed by atoms with Crippen LogP contribution >= 0.6 is 0 Å². The standard InChI is InChI=1S/C20H25NO4/c1-15(25-19-13-7-6-12-18(19)24-3)20(22)21-14-8-10-16-9-4-5-11-17(16)23-2/h4-7,9,11-13,15H,8,10,14H2,1-3H3,(H,21,22). The molecule has 5 heteroatoms. The molecule has 134 valence electrons. The Morgan fingerprint density at radius 3 is 2.24 bits per heavy atom. The molecule has 0 fully saturated rings. The highest BCUT2D eigenvalue weighted by atomic mass is 16.5. The van der Waals surface area contributed by atoms with Crippen molar-refractivity contribution in [2.75, 3.05) is 20.8 Å². The lowest BCUT2D eigenvalue weighted by molar-refractivity contribution is -0.127. The van der Waals surface area contributed by atoms with E-state index in [-0.39, 0.29) is 5.91 Å². The summed E-state index contributed by atoms with van der Waals surface area (Å²) < 4.78 is 16.3. The summed E-state index contributed by atoms with van der Waals surface area (Å²) in [6.45, 7) is 2.30. The first kappa shape index (κ1) is 18.6. The normalized spacial score (nSPS) is 11.5. The summed E-state index contributed by atoms with van der Waals surface area (Å²) >= 11 is 0. The van der Waals surface area contributed by atoms with Crippen LogP contribution in [0.5, 0.6) is 17.2 Å². The largest absolute Gasteiger partial charge is 0.496 e. The smallest absolute Gasteiger partial charge is 0.260 e. The minimum atomic E-state index is -0.595. The third-order valence-electron chi connectivity index (χ3n) is 3.86. The predicted molar refractivity (Wildman–Crippen MR) is 97.4 cm³/mol. The molecule has 2 rings (SSSR count). The Morgan fingerprint density at radius 1 is 0.960 bits per heavy atom. The van der Waals surface area contributed by atoms with E-state index < -0.39 is 6.10 Å². The first-order valence-corrected chi connectivity index (χ1v) is 8.35. The molecule has 5 nitrogen and oxygen atoms in total. The second-order valence-corrected chi connectivity index (χ2v) is 5.62. The molecule has 0 aliphatic rings. The van der Waals surface area contributed by atoms with Crippen molar-refractivity contribution in [2.45, 2.75) is 25.9 Å². The fourth-order valence-electron chi connectivity index (χ4n) is 2.50. The van der Waals surface area contributed by atoms with Crippen molar-refractivity contribution in [2.24, 2.45) is 0 Å². The summed E-state index contributed by atoms with van der Waals surface area (Å²) in [4.78, 5) is 12.2. The lowest BCUT2D eigenvalue weighted by Gasteiger charge is -2.16. The third-order valence-corrected chi connectivity index (χ3v) is 3.86. The average molecular weight is 343 g/mol. The van der Waals surface area contributed by atoms with Gasteiger partial charge in [-0.25, -0.2) is 0 Å². The second kappa shape index (κ2) is 9.57. The average Bonchev–Trinajstić information content (AvgIpc) is 2.65. The molecular formula is C20H25NO4. The summed E-state index contributed by atoms with van der Waals surface area (Å²) in [5, 5.41) is 2.90. The van der Waals surface area contributed by atoms with Crippen molar-refractivity contribution in [3.8, 4) is 17.2 Å². The molecule has 25 heavy (non-hydrogen) atoms. The Labute approximate surface area is 148 Å². The number of nitrogens with one attached hydrogen (secondary N) is 1. The van der Waals surface area contributed by atoms with Crippen LogP contribution in [-0.4, -0.2) is 32.8 Å². The van der Waals surface area contributed by atoms with Gasteiger partial charge in [-0.05, 0) is 43.5 Å². The Balaban J connectivity index is 1.78. The van der Waals surface area contributed by atoms with E-state index in [2.05, 4.69) is 5.32 Å². The Morgan fingerprint density at radius 2 is 1.56 bits per heavy atom. The molecule has 1 N–H and O–H groups in total. The first-order valence-electron chi connectivity index (χ1n) is 8.35. The molecule has 2 aromatic rings. The highest BCUT2D eigenvalue weighted by molar-refractivity contribution is 5.80. The quantitative estimate of drug-likeness (QED) is 0.710. The van der Waals surface area contributed by atoms with Crippen molar-refractivity contribution in [3.05, 3.63) is 54.1 Å². The number of ether oxygens (including phenoxy) is 3. The van der Waals surface area contributed by atoms with Gasteiger partial charge in [-0.2, -0.15) is 0 Å². The van der Waals surface area contributed by atoms with E-state index in [4.69, 9.17) is 14.2 Å². The Bertz CT molecular complexity index is 687. The van der Waals surface area contributed by atoms with Gasteiger partial charge < -0.3 is 19.5 Å². The highest BCUT2D eigenvalue weighted by Gasteiger charge is 2.16. The molecule has 1 unspecified atom stereocenters. The number of rotatable bonds is 9. The number of benzene rings is 2. The maximum Gasteiger partial charge on any atom is 0.260 e. The van der Waals surface area contributed by atoms with Gasteiger partial charge in [-0.3, -0.25) is 4.79 Å². The van der Waals surface area contributed by atoms with Crippen LogP contribution in [0.3, 0.4) is 0 Å². The van der Waals surface area contributed by atoms with Crippen molar-refractivity contribution in [3.63, 3.8) is 0 Å². The molecule has 0 heterocycles. The fourth-order valence-corrected chi connectivity index (χ4v) is 2.50. The molecule has 1 amide bonds. The molecule has 0 saturated heterocycles. The minimum absolute atomic E-state index is 0.147. The molecule has 0 radical (unpaired) electrons. The topological polar surface area (TPSA) is 56.8 Å². The van der Waals surface area contributed by atoms with Crippen molar-refractivity contribution < 1.29 is 19.0 Å². The van der Waals surface area contributed by atoms with E-state index in [0.29, 0.717) is 18.0 Å². The number of methoxy groups -OCH3 is 2. The molecule has 2 aromatic carbocycles. The number of hydrogen-bond acceptors (Lipinski definition) is 4. The maximum atomic E-state index is 12.2. The lowest BCUT2D eigenvalue weighted by atomic mass is 10.1. The van der Waals surface area contributed by atoms with Gasteiger partial charge in [0.15, 0.2) is 17.6 Å². The molecule has 0 bridgehead atoms. The lowest BCUT2D eigenvalue weighted by Crippen LogP contribution is -2.37. The Kier molecular flexibility index (Phi) is 7.14. The monoisotopic (exact) mass is 343 g/mol. The van der Waals surface area contributed by atoms with Gasteiger partial charge in [0, 0.05) is 6.54 Å². The van der Waals surface area contributed by atoms with Crippen LogP contribution in [0.4, 0.5) is 0 Å². The van der Waals surface area contributed by atoms with Crippen molar-refractivity contribution in [1.29, 1.82) is 0 Å². The van der Waals surface area contributed by atoms with E-state index in [1.165, 1.54) is 0 Å². The van der Waals surface area contributed by atoms with Crippen LogP contribution in [0.2, 0.25) is 0 Å². The molecule has 0 aliphatic carbocycles. The molecule has 1 atom stereocenters. The fraction of sp³-hybridized carbons (Fsp3) is 0.350. The maximum absolute atomic E-state index is 12.2. The van der Waals surface area contributed by atoms with Crippen LogP contribution < -0.4 is 19.5 Å². The second-order valence-electron chi connectivity index (χ2n) is 5.62. The third kappa shape index (κ3) is 5.41. The van der Waals surface area contributed by atoms with E-state index in [0.717, 1.165) is 24.2 Å². The van der Waals surface area contributed by atoms with Crippen molar-refractivity contribution in [1.82, 2.24) is 5.32 Å². The van der Waals surface area contributed by atoms with E-state index in [1.807, 2.05) is 36.4 Å². The number of hydrogen-bond donors (Lipinski definition) is 1. The van der Waals surface area contributed by atoms with Crippen LogP contribution in [0.1, 0.15) is 18.9 Å². The zero-order valence-electron chi connectivity index (χ0n) is 15.0. The summed E-state index contributed by atoms with van der Waals surface area (Å²) in [5.74, 6) is 1.90. The number of amides is 1. The van der Waals surface area contributed by atoms with E-state index in [1.54, 1.807) is 33.3 Å².